The quantitative estimate of drug-likeness (QED) is 0.855. The lowest BCUT2D eigenvalue weighted by Gasteiger charge is -2.01. The molecule has 0 radical (unpaired) electrons. The van der Waals surface area contributed by atoms with E-state index in [-0.39, 0.29) is 11.6 Å². The normalized spacial score (nSPS) is 10.6. The smallest absolute Gasteiger partial charge is 0.328 e. The second kappa shape index (κ2) is 5.32. The molecule has 2 aromatic heterocycles. The van der Waals surface area contributed by atoms with Crippen LogP contribution in [-0.2, 0) is 6.54 Å². The average Bonchev–Trinajstić information content (AvgIpc) is 2.74. The van der Waals surface area contributed by atoms with Crippen LogP contribution in [0.5, 0.6) is 0 Å². The number of nitrogens with zero attached hydrogens (tertiary/aromatic N) is 3. The highest BCUT2D eigenvalue weighted by Crippen LogP contribution is 2.15. The molecule has 2 rings (SSSR count). The first-order valence-corrected chi connectivity index (χ1v) is 6.35. The Morgan fingerprint density at radius 2 is 2.28 bits per heavy atom. The molecular weight excluding hydrogens is 278 g/mol. The number of anilines is 1. The molecule has 0 atom stereocenters. The predicted octanol–water partition coefficient (Wildman–Crippen LogP) is 0.522. The van der Waals surface area contributed by atoms with Crippen LogP contribution in [0.4, 0.5) is 5.13 Å². The maximum Gasteiger partial charge on any atom is 0.328 e. The SMILES string of the molecule is CCNc1nnc(Cn2cc(Cl)c(=O)[nH]c2=O)s1. The molecule has 0 aliphatic carbocycles. The Morgan fingerprint density at radius 3 is 3.00 bits per heavy atom. The molecule has 0 bridgehead atoms. The molecule has 2 heterocycles. The Bertz CT molecular complexity index is 661. The zero-order valence-electron chi connectivity index (χ0n) is 9.44. The lowest BCUT2D eigenvalue weighted by molar-refractivity contribution is 0.710. The van der Waals surface area contributed by atoms with Crippen molar-refractivity contribution in [1.29, 1.82) is 0 Å². The highest BCUT2D eigenvalue weighted by Gasteiger charge is 2.07. The van der Waals surface area contributed by atoms with Crippen molar-refractivity contribution in [3.05, 3.63) is 37.1 Å². The number of H-pyrrole nitrogens is 1. The molecule has 18 heavy (non-hydrogen) atoms. The summed E-state index contributed by atoms with van der Waals surface area (Å²) in [6.07, 6.45) is 1.29. The molecule has 0 aromatic carbocycles. The molecule has 0 spiro atoms. The highest BCUT2D eigenvalue weighted by atomic mass is 35.5. The van der Waals surface area contributed by atoms with Crippen LogP contribution < -0.4 is 16.6 Å². The van der Waals surface area contributed by atoms with Crippen molar-refractivity contribution in [2.45, 2.75) is 13.5 Å². The molecule has 0 saturated carbocycles. The first-order valence-electron chi connectivity index (χ1n) is 5.15. The minimum absolute atomic E-state index is 0.0361. The number of nitrogens with one attached hydrogen (secondary N) is 2. The number of aromatic nitrogens is 4. The van der Waals surface area contributed by atoms with Crippen LogP contribution >= 0.6 is 22.9 Å². The van der Waals surface area contributed by atoms with Crippen LogP contribution in [0.2, 0.25) is 5.02 Å². The summed E-state index contributed by atoms with van der Waals surface area (Å²) in [6.45, 7) is 2.92. The topological polar surface area (TPSA) is 92.7 Å². The number of aromatic amines is 1. The Balaban J connectivity index is 2.25. The number of hydrogen-bond donors (Lipinski definition) is 2. The van der Waals surface area contributed by atoms with E-state index in [4.69, 9.17) is 11.6 Å². The van der Waals surface area contributed by atoms with Crippen molar-refractivity contribution in [3.63, 3.8) is 0 Å². The van der Waals surface area contributed by atoms with Gasteiger partial charge in [-0.2, -0.15) is 0 Å². The molecule has 2 N–H and O–H groups in total. The molecular formula is C9H10ClN5O2S. The summed E-state index contributed by atoms with van der Waals surface area (Å²) in [6, 6.07) is 0. The van der Waals surface area contributed by atoms with Crippen molar-refractivity contribution in [3.8, 4) is 0 Å². The zero-order chi connectivity index (χ0) is 13.1. The van der Waals surface area contributed by atoms with Gasteiger partial charge in [0.1, 0.15) is 10.0 Å². The fraction of sp³-hybridized carbons (Fsp3) is 0.333. The van der Waals surface area contributed by atoms with Crippen LogP contribution in [-0.4, -0.2) is 26.3 Å². The zero-order valence-corrected chi connectivity index (χ0v) is 11.0. The summed E-state index contributed by atoms with van der Waals surface area (Å²) in [5, 5.41) is 12.2. The molecule has 0 aliphatic rings. The van der Waals surface area contributed by atoms with Gasteiger partial charge in [-0.25, -0.2) is 4.79 Å². The lowest BCUT2D eigenvalue weighted by atomic mass is 10.6. The van der Waals surface area contributed by atoms with Gasteiger partial charge in [0.05, 0.1) is 6.54 Å². The molecule has 0 amide bonds. The highest BCUT2D eigenvalue weighted by molar-refractivity contribution is 7.15. The monoisotopic (exact) mass is 287 g/mol. The van der Waals surface area contributed by atoms with Crippen LogP contribution in [0.1, 0.15) is 11.9 Å². The third-order valence-corrected chi connectivity index (χ3v) is 3.20. The van der Waals surface area contributed by atoms with E-state index >= 15 is 0 Å². The van der Waals surface area contributed by atoms with Crippen LogP contribution in [0.3, 0.4) is 0 Å². The molecule has 96 valence electrons. The molecule has 7 nitrogen and oxygen atoms in total. The maximum absolute atomic E-state index is 11.5. The Morgan fingerprint density at radius 1 is 1.50 bits per heavy atom. The summed E-state index contributed by atoms with van der Waals surface area (Å²) in [7, 11) is 0. The van der Waals surface area contributed by atoms with Gasteiger partial charge >= 0.3 is 5.69 Å². The molecule has 0 unspecified atom stereocenters. The third kappa shape index (κ3) is 2.77. The van der Waals surface area contributed by atoms with E-state index in [2.05, 4.69) is 20.5 Å². The number of halogens is 1. The third-order valence-electron chi connectivity index (χ3n) is 2.07. The molecule has 0 saturated heterocycles. The summed E-state index contributed by atoms with van der Waals surface area (Å²) < 4.78 is 1.28. The Kier molecular flexibility index (Phi) is 3.78. The van der Waals surface area contributed by atoms with Crippen molar-refractivity contribution >= 4 is 28.1 Å². The van der Waals surface area contributed by atoms with E-state index in [1.165, 1.54) is 22.1 Å². The van der Waals surface area contributed by atoms with Gasteiger partial charge in [-0.1, -0.05) is 22.9 Å². The van der Waals surface area contributed by atoms with E-state index in [1.807, 2.05) is 6.92 Å². The maximum atomic E-state index is 11.5. The predicted molar refractivity (Wildman–Crippen MR) is 69.5 cm³/mol. The van der Waals surface area contributed by atoms with Gasteiger partial charge in [-0.3, -0.25) is 14.3 Å². The van der Waals surface area contributed by atoms with Crippen molar-refractivity contribution in [1.82, 2.24) is 19.7 Å². The van der Waals surface area contributed by atoms with Crippen molar-refractivity contribution in [2.75, 3.05) is 11.9 Å². The van der Waals surface area contributed by atoms with Crippen molar-refractivity contribution in [2.24, 2.45) is 0 Å². The minimum atomic E-state index is -0.594. The van der Waals surface area contributed by atoms with E-state index in [1.54, 1.807) is 0 Å². The number of hydrogen-bond acceptors (Lipinski definition) is 6. The lowest BCUT2D eigenvalue weighted by Crippen LogP contribution is -2.29. The standard InChI is InChI=1S/C9H10ClN5O2S/c1-2-11-8-14-13-6(18-8)4-15-3-5(10)7(16)12-9(15)17/h3H,2,4H2,1H3,(H,11,14)(H,12,16,17). The van der Waals surface area contributed by atoms with Gasteiger partial charge in [0, 0.05) is 12.7 Å². The molecule has 9 heteroatoms. The first kappa shape index (κ1) is 12.8. The molecule has 0 aliphatic heterocycles. The van der Waals surface area contributed by atoms with Gasteiger partial charge in [-0.15, -0.1) is 10.2 Å². The summed E-state index contributed by atoms with van der Waals surface area (Å²) in [5.74, 6) is 0. The second-order valence-electron chi connectivity index (χ2n) is 3.40. The fourth-order valence-electron chi connectivity index (χ4n) is 1.29. The second-order valence-corrected chi connectivity index (χ2v) is 4.86. The van der Waals surface area contributed by atoms with E-state index in [0.29, 0.717) is 10.1 Å². The minimum Gasteiger partial charge on any atom is -0.360 e. The fourth-order valence-corrected chi connectivity index (χ4v) is 2.26. The van der Waals surface area contributed by atoms with Crippen LogP contribution in [0.15, 0.2) is 15.8 Å². The summed E-state index contributed by atoms with van der Waals surface area (Å²) in [4.78, 5) is 24.7. The van der Waals surface area contributed by atoms with E-state index in [0.717, 1.165) is 6.54 Å². The largest absolute Gasteiger partial charge is 0.360 e. The molecule has 2 aromatic rings. The summed E-state index contributed by atoms with van der Waals surface area (Å²) >= 11 is 7.00. The van der Waals surface area contributed by atoms with Gasteiger partial charge in [-0.05, 0) is 6.92 Å². The van der Waals surface area contributed by atoms with Gasteiger partial charge in [0.15, 0.2) is 0 Å². The van der Waals surface area contributed by atoms with Gasteiger partial charge in [0.25, 0.3) is 5.56 Å². The molecule has 0 fully saturated rings. The number of rotatable bonds is 4. The van der Waals surface area contributed by atoms with Crippen LogP contribution in [0.25, 0.3) is 0 Å². The average molecular weight is 288 g/mol. The Hall–Kier alpha value is -1.67. The summed E-state index contributed by atoms with van der Waals surface area (Å²) in [5.41, 5.74) is -1.12. The van der Waals surface area contributed by atoms with E-state index in [9.17, 15) is 9.59 Å². The van der Waals surface area contributed by atoms with Crippen molar-refractivity contribution < 1.29 is 0 Å². The van der Waals surface area contributed by atoms with E-state index < -0.39 is 11.2 Å². The Labute approximate surface area is 110 Å². The van der Waals surface area contributed by atoms with Gasteiger partial charge in [0.2, 0.25) is 5.13 Å². The van der Waals surface area contributed by atoms with Crippen LogP contribution in [0, 0.1) is 0 Å². The van der Waals surface area contributed by atoms with Gasteiger partial charge < -0.3 is 5.32 Å². The first-order chi connectivity index (χ1) is 8.60.